The molecule has 0 radical (unpaired) electrons. The van der Waals surface area contributed by atoms with Crippen molar-refractivity contribution in [1.29, 1.82) is 0 Å². The summed E-state index contributed by atoms with van der Waals surface area (Å²) in [6.07, 6.45) is 1.61. The Balaban J connectivity index is 2.71. The molecule has 0 fully saturated rings. The van der Waals surface area contributed by atoms with Gasteiger partial charge in [-0.15, -0.1) is 0 Å². The van der Waals surface area contributed by atoms with Crippen LogP contribution >= 0.6 is 0 Å². The zero-order chi connectivity index (χ0) is 8.27. The van der Waals surface area contributed by atoms with Crippen LogP contribution in [0, 0.1) is 0 Å². The fourth-order valence-corrected chi connectivity index (χ4v) is 0.777. The van der Waals surface area contributed by atoms with Crippen LogP contribution in [-0.4, -0.2) is 21.2 Å². The molecule has 4 nitrogen and oxygen atoms in total. The highest BCUT2D eigenvalue weighted by Gasteiger charge is 2.00. The van der Waals surface area contributed by atoms with Crippen LogP contribution in [0.5, 0.6) is 0 Å². The molecule has 11 heavy (non-hydrogen) atoms. The number of nitrogen functional groups attached to an aromatic ring is 1. The number of hydrogen-bond acceptors (Lipinski definition) is 4. The van der Waals surface area contributed by atoms with Crippen LogP contribution in [0.25, 0.3) is 0 Å². The molecule has 1 aromatic rings. The van der Waals surface area contributed by atoms with E-state index < -0.39 is 6.10 Å². The van der Waals surface area contributed by atoms with Crippen molar-refractivity contribution >= 4 is 5.82 Å². The number of rotatable bonds is 2. The van der Waals surface area contributed by atoms with Gasteiger partial charge in [0.25, 0.3) is 0 Å². The van der Waals surface area contributed by atoms with Gasteiger partial charge in [0.15, 0.2) is 0 Å². The van der Waals surface area contributed by atoms with Crippen LogP contribution in [0.2, 0.25) is 0 Å². The van der Waals surface area contributed by atoms with E-state index in [4.69, 9.17) is 10.8 Å². The van der Waals surface area contributed by atoms with E-state index in [0.717, 1.165) is 0 Å². The summed E-state index contributed by atoms with van der Waals surface area (Å²) in [6.45, 7) is 1.69. The molecule has 1 rings (SSSR count). The Morgan fingerprint density at radius 2 is 2.45 bits per heavy atom. The number of aromatic nitrogens is 2. The summed E-state index contributed by atoms with van der Waals surface area (Å²) in [7, 11) is 0. The first-order valence-corrected chi connectivity index (χ1v) is 3.44. The lowest BCUT2D eigenvalue weighted by Gasteiger charge is -2.01. The SMILES string of the molecule is CC(O)Cc1nccc(N)n1. The summed E-state index contributed by atoms with van der Waals surface area (Å²) < 4.78 is 0. The fourth-order valence-electron chi connectivity index (χ4n) is 0.777. The van der Waals surface area contributed by atoms with E-state index in [9.17, 15) is 0 Å². The molecule has 3 N–H and O–H groups in total. The smallest absolute Gasteiger partial charge is 0.133 e. The molecule has 1 atom stereocenters. The average Bonchev–Trinajstić information content (AvgIpc) is 1.85. The van der Waals surface area contributed by atoms with Gasteiger partial charge < -0.3 is 10.8 Å². The van der Waals surface area contributed by atoms with Gasteiger partial charge in [0.2, 0.25) is 0 Å². The lowest BCUT2D eigenvalue weighted by Crippen LogP contribution is -2.08. The van der Waals surface area contributed by atoms with Crippen LogP contribution in [0.4, 0.5) is 5.82 Å². The van der Waals surface area contributed by atoms with Crippen molar-refractivity contribution in [2.45, 2.75) is 19.4 Å². The molecular formula is C7H11N3O. The van der Waals surface area contributed by atoms with E-state index >= 15 is 0 Å². The maximum atomic E-state index is 8.98. The third-order valence-electron chi connectivity index (χ3n) is 1.20. The van der Waals surface area contributed by atoms with Gasteiger partial charge in [0.1, 0.15) is 11.6 Å². The second kappa shape index (κ2) is 3.30. The number of hydrogen-bond donors (Lipinski definition) is 2. The molecular weight excluding hydrogens is 142 g/mol. The van der Waals surface area contributed by atoms with Crippen LogP contribution in [0.15, 0.2) is 12.3 Å². The normalized spacial score (nSPS) is 12.9. The van der Waals surface area contributed by atoms with E-state index in [1.54, 1.807) is 19.2 Å². The van der Waals surface area contributed by atoms with Crippen LogP contribution in [0.1, 0.15) is 12.7 Å². The van der Waals surface area contributed by atoms with E-state index in [-0.39, 0.29) is 0 Å². The minimum Gasteiger partial charge on any atom is -0.393 e. The monoisotopic (exact) mass is 153 g/mol. The zero-order valence-electron chi connectivity index (χ0n) is 6.36. The highest BCUT2D eigenvalue weighted by Crippen LogP contribution is 1.98. The Morgan fingerprint density at radius 3 is 3.00 bits per heavy atom. The number of nitrogens with zero attached hydrogens (tertiary/aromatic N) is 2. The molecule has 0 bridgehead atoms. The van der Waals surface area contributed by atoms with E-state index in [1.165, 1.54) is 0 Å². The zero-order valence-corrected chi connectivity index (χ0v) is 6.36. The molecule has 0 saturated carbocycles. The predicted octanol–water partition coefficient (Wildman–Crippen LogP) is -0.0179. The summed E-state index contributed by atoms with van der Waals surface area (Å²) in [5.74, 6) is 1.02. The minimum atomic E-state index is -0.420. The molecule has 0 saturated heterocycles. The maximum Gasteiger partial charge on any atom is 0.133 e. The predicted molar refractivity (Wildman–Crippen MR) is 41.8 cm³/mol. The Bertz CT molecular complexity index is 237. The van der Waals surface area contributed by atoms with Gasteiger partial charge >= 0.3 is 0 Å². The molecule has 0 aliphatic rings. The topological polar surface area (TPSA) is 72.0 Å². The van der Waals surface area contributed by atoms with Gasteiger partial charge in [-0.3, -0.25) is 0 Å². The van der Waals surface area contributed by atoms with E-state index in [2.05, 4.69) is 9.97 Å². The van der Waals surface area contributed by atoms with Gasteiger partial charge in [-0.2, -0.15) is 0 Å². The summed E-state index contributed by atoms with van der Waals surface area (Å²) in [6, 6.07) is 1.62. The van der Waals surface area contributed by atoms with Crippen molar-refractivity contribution < 1.29 is 5.11 Å². The van der Waals surface area contributed by atoms with Crippen LogP contribution in [0.3, 0.4) is 0 Å². The molecule has 0 aliphatic heterocycles. The quantitative estimate of drug-likeness (QED) is 0.626. The Kier molecular flexibility index (Phi) is 2.38. The Labute approximate surface area is 65.1 Å². The largest absolute Gasteiger partial charge is 0.393 e. The summed E-state index contributed by atoms with van der Waals surface area (Å²) in [5, 5.41) is 8.98. The number of nitrogens with two attached hydrogens (primary N) is 1. The van der Waals surface area contributed by atoms with Crippen LogP contribution < -0.4 is 5.73 Å². The van der Waals surface area contributed by atoms with Gasteiger partial charge in [-0.1, -0.05) is 0 Å². The second-order valence-electron chi connectivity index (χ2n) is 2.45. The van der Waals surface area contributed by atoms with Gasteiger partial charge in [0.05, 0.1) is 6.10 Å². The first kappa shape index (κ1) is 7.94. The fraction of sp³-hybridized carbons (Fsp3) is 0.429. The van der Waals surface area contributed by atoms with E-state index in [0.29, 0.717) is 18.1 Å². The molecule has 0 aromatic carbocycles. The maximum absolute atomic E-state index is 8.98. The molecule has 0 spiro atoms. The summed E-state index contributed by atoms with van der Waals surface area (Å²) in [5.41, 5.74) is 5.40. The number of aliphatic hydroxyl groups is 1. The lowest BCUT2D eigenvalue weighted by molar-refractivity contribution is 0.193. The lowest BCUT2D eigenvalue weighted by atomic mass is 10.3. The molecule has 1 aromatic heterocycles. The van der Waals surface area contributed by atoms with Crippen molar-refractivity contribution in [2.24, 2.45) is 0 Å². The first-order valence-electron chi connectivity index (χ1n) is 3.44. The standard InChI is InChI=1S/C7H11N3O/c1-5(11)4-7-9-3-2-6(8)10-7/h2-3,5,11H,4H2,1H3,(H2,8,9,10). The van der Waals surface area contributed by atoms with E-state index in [1.807, 2.05) is 0 Å². The van der Waals surface area contributed by atoms with Gasteiger partial charge in [0, 0.05) is 12.6 Å². The van der Waals surface area contributed by atoms with Gasteiger partial charge in [-0.05, 0) is 13.0 Å². The molecule has 0 amide bonds. The third kappa shape index (κ3) is 2.51. The van der Waals surface area contributed by atoms with Crippen LogP contribution in [-0.2, 0) is 6.42 Å². The summed E-state index contributed by atoms with van der Waals surface area (Å²) >= 11 is 0. The molecule has 1 heterocycles. The average molecular weight is 153 g/mol. The third-order valence-corrected chi connectivity index (χ3v) is 1.20. The highest BCUT2D eigenvalue weighted by molar-refractivity contribution is 5.25. The molecule has 0 aliphatic carbocycles. The Morgan fingerprint density at radius 1 is 1.73 bits per heavy atom. The number of anilines is 1. The van der Waals surface area contributed by atoms with Crippen molar-refractivity contribution in [3.05, 3.63) is 18.1 Å². The van der Waals surface area contributed by atoms with Crippen molar-refractivity contribution in [3.63, 3.8) is 0 Å². The molecule has 1 unspecified atom stereocenters. The highest BCUT2D eigenvalue weighted by atomic mass is 16.3. The first-order chi connectivity index (χ1) is 5.18. The van der Waals surface area contributed by atoms with Crippen molar-refractivity contribution in [3.8, 4) is 0 Å². The molecule has 60 valence electrons. The summed E-state index contributed by atoms with van der Waals surface area (Å²) in [4.78, 5) is 7.85. The second-order valence-corrected chi connectivity index (χ2v) is 2.45. The Hall–Kier alpha value is -1.16. The van der Waals surface area contributed by atoms with Gasteiger partial charge in [-0.25, -0.2) is 9.97 Å². The minimum absolute atomic E-state index is 0.420. The number of aliphatic hydroxyl groups excluding tert-OH is 1. The van der Waals surface area contributed by atoms with Crippen molar-refractivity contribution in [2.75, 3.05) is 5.73 Å². The van der Waals surface area contributed by atoms with Crippen molar-refractivity contribution in [1.82, 2.24) is 9.97 Å². The molecule has 4 heteroatoms.